The summed E-state index contributed by atoms with van der Waals surface area (Å²) in [5.74, 6) is 0.617. The van der Waals surface area contributed by atoms with Crippen molar-refractivity contribution < 1.29 is 9.50 Å². The van der Waals surface area contributed by atoms with Crippen LogP contribution < -0.4 is 0 Å². The molecule has 0 saturated carbocycles. The number of aryl methyl sites for hydroxylation is 1. The van der Waals surface area contributed by atoms with Gasteiger partial charge in [0.15, 0.2) is 5.82 Å². The summed E-state index contributed by atoms with van der Waals surface area (Å²) in [5.41, 5.74) is 1.30. The summed E-state index contributed by atoms with van der Waals surface area (Å²) in [4.78, 5) is 6.83. The highest BCUT2D eigenvalue weighted by Crippen LogP contribution is 2.24. The number of hydrogen-bond donors (Lipinski definition) is 1. The summed E-state index contributed by atoms with van der Waals surface area (Å²) < 4.78 is 16.0. The van der Waals surface area contributed by atoms with Crippen molar-refractivity contribution in [2.45, 2.75) is 58.3 Å². The number of rotatable bonds is 4. The Balaban J connectivity index is 1.94. The van der Waals surface area contributed by atoms with E-state index in [0.717, 1.165) is 43.7 Å². The SMILES string of the molecule is CCn1c(CN2CCCCC2C(C)O)nc2c(F)cccc21. The molecule has 2 atom stereocenters. The first kappa shape index (κ1) is 15.4. The molecule has 3 rings (SSSR count). The third-order valence-corrected chi connectivity index (χ3v) is 4.69. The Bertz CT molecular complexity index is 653. The van der Waals surface area contributed by atoms with Crippen molar-refractivity contribution in [3.63, 3.8) is 0 Å². The van der Waals surface area contributed by atoms with Crippen molar-refractivity contribution in [2.75, 3.05) is 6.54 Å². The van der Waals surface area contributed by atoms with Crippen LogP contribution in [0.5, 0.6) is 0 Å². The smallest absolute Gasteiger partial charge is 0.151 e. The maximum atomic E-state index is 14.0. The Labute approximate surface area is 130 Å². The maximum Gasteiger partial charge on any atom is 0.151 e. The summed E-state index contributed by atoms with van der Waals surface area (Å²) in [5, 5.41) is 10.0. The first-order chi connectivity index (χ1) is 10.6. The third kappa shape index (κ3) is 2.75. The third-order valence-electron chi connectivity index (χ3n) is 4.69. The van der Waals surface area contributed by atoms with Crippen molar-refractivity contribution >= 4 is 11.0 Å². The predicted molar refractivity (Wildman–Crippen MR) is 85.1 cm³/mol. The zero-order chi connectivity index (χ0) is 15.7. The lowest BCUT2D eigenvalue weighted by molar-refractivity contribution is 0.0297. The van der Waals surface area contributed by atoms with E-state index in [1.165, 1.54) is 6.07 Å². The monoisotopic (exact) mass is 305 g/mol. The van der Waals surface area contributed by atoms with Crippen LogP contribution >= 0.6 is 0 Å². The van der Waals surface area contributed by atoms with Gasteiger partial charge in [-0.25, -0.2) is 9.37 Å². The molecule has 2 aromatic rings. The second-order valence-electron chi connectivity index (χ2n) is 6.15. The van der Waals surface area contributed by atoms with Gasteiger partial charge in [0.25, 0.3) is 0 Å². The van der Waals surface area contributed by atoms with Crippen LogP contribution in [0.2, 0.25) is 0 Å². The average Bonchev–Trinajstić information content (AvgIpc) is 2.86. The van der Waals surface area contributed by atoms with Crippen molar-refractivity contribution in [2.24, 2.45) is 0 Å². The second-order valence-corrected chi connectivity index (χ2v) is 6.15. The van der Waals surface area contributed by atoms with Crippen molar-refractivity contribution in [1.29, 1.82) is 0 Å². The second kappa shape index (κ2) is 6.34. The Morgan fingerprint density at radius 1 is 1.41 bits per heavy atom. The van der Waals surface area contributed by atoms with E-state index in [4.69, 9.17) is 0 Å². The van der Waals surface area contributed by atoms with Gasteiger partial charge in [-0.2, -0.15) is 0 Å². The molecule has 0 aliphatic carbocycles. The Morgan fingerprint density at radius 2 is 2.23 bits per heavy atom. The molecule has 1 aliphatic heterocycles. The number of para-hydroxylation sites is 1. The van der Waals surface area contributed by atoms with Crippen LogP contribution in [0.3, 0.4) is 0 Å². The molecule has 4 nitrogen and oxygen atoms in total. The first-order valence-corrected chi connectivity index (χ1v) is 8.17. The van der Waals surface area contributed by atoms with Crippen molar-refractivity contribution in [1.82, 2.24) is 14.5 Å². The molecule has 1 aliphatic rings. The molecule has 1 saturated heterocycles. The molecule has 2 unspecified atom stereocenters. The predicted octanol–water partition coefficient (Wildman–Crippen LogP) is 2.93. The number of hydrogen-bond acceptors (Lipinski definition) is 3. The fraction of sp³-hybridized carbons (Fsp3) is 0.588. The zero-order valence-corrected chi connectivity index (χ0v) is 13.3. The normalized spacial score (nSPS) is 21.4. The number of benzene rings is 1. The molecule has 0 radical (unpaired) electrons. The van der Waals surface area contributed by atoms with Crippen molar-refractivity contribution in [3.8, 4) is 0 Å². The molecule has 2 heterocycles. The van der Waals surface area contributed by atoms with Crippen LogP contribution in [-0.2, 0) is 13.1 Å². The Morgan fingerprint density at radius 3 is 2.95 bits per heavy atom. The highest BCUT2D eigenvalue weighted by atomic mass is 19.1. The van der Waals surface area contributed by atoms with Gasteiger partial charge in [0.2, 0.25) is 0 Å². The van der Waals surface area contributed by atoms with Crippen LogP contribution in [0.4, 0.5) is 4.39 Å². The number of aliphatic hydroxyl groups is 1. The molecule has 120 valence electrons. The van der Waals surface area contributed by atoms with E-state index in [-0.39, 0.29) is 18.0 Å². The standard InChI is InChI=1S/C17H24FN3O/c1-3-21-15-9-6-7-13(18)17(15)19-16(21)11-20-10-5-4-8-14(20)12(2)22/h6-7,9,12,14,22H,3-5,8,10-11H2,1-2H3. The van der Waals surface area contributed by atoms with E-state index in [1.54, 1.807) is 6.07 Å². The Kier molecular flexibility index (Phi) is 4.45. The molecule has 1 fully saturated rings. The first-order valence-electron chi connectivity index (χ1n) is 8.17. The number of likely N-dealkylation sites (tertiary alicyclic amines) is 1. The van der Waals surface area contributed by atoms with Gasteiger partial charge in [-0.15, -0.1) is 0 Å². The van der Waals surface area contributed by atoms with Gasteiger partial charge >= 0.3 is 0 Å². The van der Waals surface area contributed by atoms with Gasteiger partial charge in [0.1, 0.15) is 11.3 Å². The van der Waals surface area contributed by atoms with Crippen LogP contribution in [-0.4, -0.2) is 38.2 Å². The maximum absolute atomic E-state index is 14.0. The summed E-state index contributed by atoms with van der Waals surface area (Å²) in [6.07, 6.45) is 2.96. The van der Waals surface area contributed by atoms with E-state index >= 15 is 0 Å². The summed E-state index contributed by atoms with van der Waals surface area (Å²) in [6, 6.07) is 5.28. The van der Waals surface area contributed by atoms with Gasteiger partial charge in [0, 0.05) is 12.6 Å². The molecule has 5 heteroatoms. The fourth-order valence-electron chi connectivity index (χ4n) is 3.58. The molecule has 0 amide bonds. The number of piperidine rings is 1. The van der Waals surface area contributed by atoms with E-state index in [9.17, 15) is 9.50 Å². The van der Waals surface area contributed by atoms with Crippen LogP contribution in [0, 0.1) is 5.82 Å². The number of aliphatic hydroxyl groups excluding tert-OH is 1. The largest absolute Gasteiger partial charge is 0.392 e. The highest BCUT2D eigenvalue weighted by molar-refractivity contribution is 5.76. The molecule has 1 aromatic carbocycles. The molecule has 0 spiro atoms. The number of aromatic nitrogens is 2. The minimum Gasteiger partial charge on any atom is -0.392 e. The minimum atomic E-state index is -0.350. The van der Waals surface area contributed by atoms with E-state index in [2.05, 4.69) is 21.4 Å². The summed E-state index contributed by atoms with van der Waals surface area (Å²) in [7, 11) is 0. The lowest BCUT2D eigenvalue weighted by Gasteiger charge is -2.37. The number of halogens is 1. The van der Waals surface area contributed by atoms with Gasteiger partial charge in [-0.1, -0.05) is 12.5 Å². The lowest BCUT2D eigenvalue weighted by Crippen LogP contribution is -2.45. The van der Waals surface area contributed by atoms with E-state index in [0.29, 0.717) is 12.1 Å². The van der Waals surface area contributed by atoms with Gasteiger partial charge in [-0.3, -0.25) is 4.90 Å². The van der Waals surface area contributed by atoms with E-state index < -0.39 is 0 Å². The number of nitrogens with zero attached hydrogens (tertiary/aromatic N) is 3. The molecular weight excluding hydrogens is 281 g/mol. The van der Waals surface area contributed by atoms with Gasteiger partial charge < -0.3 is 9.67 Å². The van der Waals surface area contributed by atoms with Crippen LogP contribution in [0.15, 0.2) is 18.2 Å². The fourth-order valence-corrected chi connectivity index (χ4v) is 3.58. The van der Waals surface area contributed by atoms with E-state index in [1.807, 2.05) is 13.0 Å². The molecule has 1 aromatic heterocycles. The van der Waals surface area contributed by atoms with Crippen LogP contribution in [0.1, 0.15) is 38.9 Å². The Hall–Kier alpha value is -1.46. The van der Waals surface area contributed by atoms with Gasteiger partial charge in [0.05, 0.1) is 18.2 Å². The molecule has 1 N–H and O–H groups in total. The molecular formula is C17H24FN3O. The molecule has 22 heavy (non-hydrogen) atoms. The topological polar surface area (TPSA) is 41.3 Å². The lowest BCUT2D eigenvalue weighted by atomic mass is 9.98. The van der Waals surface area contributed by atoms with Gasteiger partial charge in [-0.05, 0) is 45.4 Å². The van der Waals surface area contributed by atoms with Crippen LogP contribution in [0.25, 0.3) is 11.0 Å². The van der Waals surface area contributed by atoms with Crippen molar-refractivity contribution in [3.05, 3.63) is 29.8 Å². The average molecular weight is 305 g/mol. The summed E-state index contributed by atoms with van der Waals surface area (Å²) in [6.45, 7) is 6.30. The number of imidazole rings is 1. The minimum absolute atomic E-state index is 0.170. The highest BCUT2D eigenvalue weighted by Gasteiger charge is 2.27. The summed E-state index contributed by atoms with van der Waals surface area (Å²) >= 11 is 0. The number of fused-ring (bicyclic) bond motifs is 1. The zero-order valence-electron chi connectivity index (χ0n) is 13.3. The quantitative estimate of drug-likeness (QED) is 0.944. The molecule has 0 bridgehead atoms.